The molecule has 1 aromatic heterocycles. The minimum absolute atomic E-state index is 0.0503. The highest BCUT2D eigenvalue weighted by molar-refractivity contribution is 5.77. The van der Waals surface area contributed by atoms with E-state index in [-0.39, 0.29) is 6.04 Å². The van der Waals surface area contributed by atoms with Crippen LogP contribution in [0.3, 0.4) is 0 Å². The molecule has 2 heteroatoms. The fourth-order valence-electron chi connectivity index (χ4n) is 3.22. The summed E-state index contributed by atoms with van der Waals surface area (Å²) in [6.07, 6.45) is 9.32. The van der Waals surface area contributed by atoms with Crippen LogP contribution in [0.1, 0.15) is 56.7 Å². The Labute approximate surface area is 115 Å². The Morgan fingerprint density at radius 3 is 2.74 bits per heavy atom. The molecular weight excluding hydrogens is 234 g/mol. The van der Waals surface area contributed by atoms with Gasteiger partial charge in [-0.3, -0.25) is 0 Å². The Bertz CT molecular complexity index is 492. The molecule has 2 nitrogen and oxygen atoms in total. The van der Waals surface area contributed by atoms with Crippen LogP contribution < -0.4 is 5.73 Å². The highest BCUT2D eigenvalue weighted by Crippen LogP contribution is 2.31. The summed E-state index contributed by atoms with van der Waals surface area (Å²) < 4.78 is 5.84. The predicted octanol–water partition coefficient (Wildman–Crippen LogP) is 4.79. The molecule has 1 fully saturated rings. The van der Waals surface area contributed by atoms with Crippen LogP contribution in [0.25, 0.3) is 11.0 Å². The van der Waals surface area contributed by atoms with Gasteiger partial charge in [-0.25, -0.2) is 0 Å². The summed E-state index contributed by atoms with van der Waals surface area (Å²) in [7, 11) is 0. The van der Waals surface area contributed by atoms with Gasteiger partial charge in [0, 0.05) is 5.39 Å². The molecule has 1 unspecified atom stereocenters. The van der Waals surface area contributed by atoms with Crippen molar-refractivity contribution in [1.82, 2.24) is 0 Å². The Morgan fingerprint density at radius 2 is 1.95 bits per heavy atom. The van der Waals surface area contributed by atoms with E-state index in [9.17, 15) is 0 Å². The summed E-state index contributed by atoms with van der Waals surface area (Å²) in [5.41, 5.74) is 7.23. The first-order valence-electron chi connectivity index (χ1n) is 7.57. The first kappa shape index (κ1) is 12.7. The molecule has 1 aromatic carbocycles. The molecule has 19 heavy (non-hydrogen) atoms. The molecule has 102 valence electrons. The third-order valence-electron chi connectivity index (χ3n) is 4.42. The maximum Gasteiger partial charge on any atom is 0.134 e. The van der Waals surface area contributed by atoms with Gasteiger partial charge in [0.2, 0.25) is 0 Å². The van der Waals surface area contributed by atoms with Crippen molar-refractivity contribution in [2.45, 2.75) is 51.0 Å². The summed E-state index contributed by atoms with van der Waals surface area (Å²) in [4.78, 5) is 0. The molecule has 1 atom stereocenters. The average molecular weight is 257 g/mol. The predicted molar refractivity (Wildman–Crippen MR) is 79.0 cm³/mol. The quantitative estimate of drug-likeness (QED) is 0.855. The van der Waals surface area contributed by atoms with E-state index in [0.29, 0.717) is 0 Å². The molecular formula is C17H23NO. The molecule has 1 aliphatic carbocycles. The van der Waals surface area contributed by atoms with E-state index in [4.69, 9.17) is 10.2 Å². The Morgan fingerprint density at radius 1 is 1.16 bits per heavy atom. The highest BCUT2D eigenvalue weighted by atomic mass is 16.3. The lowest BCUT2D eigenvalue weighted by molar-refractivity contribution is 0.317. The standard InChI is InChI=1S/C17H23NO/c18-15(11-10-13-6-2-1-3-7-13)17-12-14-8-4-5-9-16(14)19-17/h4-5,8-9,12-13,15H,1-3,6-7,10-11,18H2. The molecule has 3 rings (SSSR count). The summed E-state index contributed by atoms with van der Waals surface area (Å²) in [6.45, 7) is 0. The Hall–Kier alpha value is -1.28. The number of hydrogen-bond donors (Lipinski definition) is 1. The van der Waals surface area contributed by atoms with E-state index < -0.39 is 0 Å². The van der Waals surface area contributed by atoms with E-state index in [0.717, 1.165) is 29.1 Å². The van der Waals surface area contributed by atoms with Gasteiger partial charge in [0.05, 0.1) is 6.04 Å². The van der Waals surface area contributed by atoms with E-state index in [1.165, 1.54) is 38.5 Å². The zero-order chi connectivity index (χ0) is 13.1. The van der Waals surface area contributed by atoms with Crippen molar-refractivity contribution in [3.63, 3.8) is 0 Å². The Kier molecular flexibility index (Phi) is 3.88. The van der Waals surface area contributed by atoms with E-state index >= 15 is 0 Å². The minimum atomic E-state index is 0.0503. The van der Waals surface area contributed by atoms with E-state index in [2.05, 4.69) is 12.1 Å². The third-order valence-corrected chi connectivity index (χ3v) is 4.42. The van der Waals surface area contributed by atoms with Crippen molar-refractivity contribution in [3.05, 3.63) is 36.1 Å². The van der Waals surface area contributed by atoms with Crippen molar-refractivity contribution in [2.24, 2.45) is 11.7 Å². The van der Waals surface area contributed by atoms with Gasteiger partial charge in [-0.15, -0.1) is 0 Å². The minimum Gasteiger partial charge on any atom is -0.459 e. The molecule has 2 aromatic rings. The zero-order valence-electron chi connectivity index (χ0n) is 11.5. The van der Waals surface area contributed by atoms with Crippen molar-refractivity contribution >= 4 is 11.0 Å². The SMILES string of the molecule is NC(CCC1CCCCC1)c1cc2ccccc2o1. The first-order chi connectivity index (χ1) is 9.33. The molecule has 1 saturated carbocycles. The number of benzene rings is 1. The van der Waals surface area contributed by atoms with Gasteiger partial charge in [-0.05, 0) is 30.9 Å². The monoisotopic (exact) mass is 257 g/mol. The molecule has 0 radical (unpaired) electrons. The van der Waals surface area contributed by atoms with Gasteiger partial charge in [0.1, 0.15) is 11.3 Å². The lowest BCUT2D eigenvalue weighted by Gasteiger charge is -2.22. The second kappa shape index (κ2) is 5.79. The summed E-state index contributed by atoms with van der Waals surface area (Å²) >= 11 is 0. The fourth-order valence-corrected chi connectivity index (χ4v) is 3.22. The van der Waals surface area contributed by atoms with Crippen LogP contribution in [0.15, 0.2) is 34.7 Å². The molecule has 0 saturated heterocycles. The van der Waals surface area contributed by atoms with Gasteiger partial charge in [0.25, 0.3) is 0 Å². The van der Waals surface area contributed by atoms with Gasteiger partial charge < -0.3 is 10.2 Å². The van der Waals surface area contributed by atoms with Crippen molar-refractivity contribution in [3.8, 4) is 0 Å². The largest absolute Gasteiger partial charge is 0.459 e. The van der Waals surface area contributed by atoms with Crippen LogP contribution in [-0.2, 0) is 0 Å². The topological polar surface area (TPSA) is 39.2 Å². The van der Waals surface area contributed by atoms with Crippen molar-refractivity contribution < 1.29 is 4.42 Å². The van der Waals surface area contributed by atoms with Crippen LogP contribution in [0.5, 0.6) is 0 Å². The average Bonchev–Trinajstić information content (AvgIpc) is 2.90. The maximum absolute atomic E-state index is 6.28. The lowest BCUT2D eigenvalue weighted by Crippen LogP contribution is -2.13. The van der Waals surface area contributed by atoms with Crippen molar-refractivity contribution in [2.75, 3.05) is 0 Å². The second-order valence-corrected chi connectivity index (χ2v) is 5.87. The number of nitrogens with two attached hydrogens (primary N) is 1. The number of hydrogen-bond acceptors (Lipinski definition) is 2. The van der Waals surface area contributed by atoms with Gasteiger partial charge in [0.15, 0.2) is 0 Å². The molecule has 0 bridgehead atoms. The van der Waals surface area contributed by atoms with Crippen LogP contribution in [0, 0.1) is 5.92 Å². The molecule has 2 N–H and O–H groups in total. The van der Waals surface area contributed by atoms with Crippen LogP contribution >= 0.6 is 0 Å². The smallest absolute Gasteiger partial charge is 0.134 e. The van der Waals surface area contributed by atoms with Crippen LogP contribution in [0.2, 0.25) is 0 Å². The number of fused-ring (bicyclic) bond motifs is 1. The Balaban J connectivity index is 1.61. The van der Waals surface area contributed by atoms with E-state index in [1.807, 2.05) is 18.2 Å². The fraction of sp³-hybridized carbons (Fsp3) is 0.529. The number of rotatable bonds is 4. The molecule has 0 aliphatic heterocycles. The van der Waals surface area contributed by atoms with Crippen LogP contribution in [-0.4, -0.2) is 0 Å². The molecule has 0 spiro atoms. The normalized spacial score (nSPS) is 18.8. The van der Waals surface area contributed by atoms with Gasteiger partial charge in [-0.2, -0.15) is 0 Å². The third kappa shape index (κ3) is 3.01. The van der Waals surface area contributed by atoms with Crippen LogP contribution in [0.4, 0.5) is 0 Å². The summed E-state index contributed by atoms with van der Waals surface area (Å²) in [5, 5.41) is 1.16. The summed E-state index contributed by atoms with van der Waals surface area (Å²) in [5.74, 6) is 1.83. The lowest BCUT2D eigenvalue weighted by atomic mass is 9.85. The maximum atomic E-state index is 6.28. The molecule has 1 aliphatic rings. The first-order valence-corrected chi connectivity index (χ1v) is 7.57. The molecule has 0 amide bonds. The van der Waals surface area contributed by atoms with Gasteiger partial charge >= 0.3 is 0 Å². The molecule has 1 heterocycles. The second-order valence-electron chi connectivity index (χ2n) is 5.87. The summed E-state index contributed by atoms with van der Waals surface area (Å²) in [6, 6.07) is 10.3. The zero-order valence-corrected chi connectivity index (χ0v) is 11.5. The van der Waals surface area contributed by atoms with Crippen molar-refractivity contribution in [1.29, 1.82) is 0 Å². The number of para-hydroxylation sites is 1. The number of furan rings is 1. The van der Waals surface area contributed by atoms with E-state index in [1.54, 1.807) is 0 Å². The van der Waals surface area contributed by atoms with Gasteiger partial charge in [-0.1, -0.05) is 50.3 Å². The highest BCUT2D eigenvalue weighted by Gasteiger charge is 2.17.